The van der Waals surface area contributed by atoms with E-state index in [1.54, 1.807) is 25.4 Å². The molecule has 1 aliphatic carbocycles. The summed E-state index contributed by atoms with van der Waals surface area (Å²) in [5.74, 6) is 1.45. The van der Waals surface area contributed by atoms with Gasteiger partial charge in [0, 0.05) is 17.9 Å². The molecule has 21 heavy (non-hydrogen) atoms. The lowest BCUT2D eigenvalue weighted by Crippen LogP contribution is -2.25. The number of hydrogen-bond donors (Lipinski definition) is 2. The minimum absolute atomic E-state index is 0.0546. The fourth-order valence-corrected chi connectivity index (χ4v) is 1.92. The summed E-state index contributed by atoms with van der Waals surface area (Å²) in [6, 6.07) is 11.5. The Balaban J connectivity index is 1.64. The van der Waals surface area contributed by atoms with Crippen LogP contribution in [0.5, 0.6) is 5.75 Å². The van der Waals surface area contributed by atoms with Crippen LogP contribution in [0.25, 0.3) is 0 Å². The van der Waals surface area contributed by atoms with E-state index in [9.17, 15) is 4.79 Å². The normalized spacial score (nSPS) is 13.6. The Labute approximate surface area is 123 Å². The zero-order valence-electron chi connectivity index (χ0n) is 11.8. The van der Waals surface area contributed by atoms with Crippen molar-refractivity contribution >= 4 is 17.4 Å². The zero-order valence-corrected chi connectivity index (χ0v) is 11.8. The molecule has 1 aliphatic rings. The van der Waals surface area contributed by atoms with Crippen molar-refractivity contribution in [3.8, 4) is 5.75 Å². The second-order valence-electron chi connectivity index (χ2n) is 5.03. The summed E-state index contributed by atoms with van der Waals surface area (Å²) >= 11 is 0. The SMILES string of the molecule is COc1ccc(Nc2ccc(C(=O)NC3CC3)cn2)cc1. The molecule has 3 rings (SSSR count). The maximum Gasteiger partial charge on any atom is 0.253 e. The molecule has 2 aromatic rings. The van der Waals surface area contributed by atoms with Gasteiger partial charge in [-0.3, -0.25) is 4.79 Å². The van der Waals surface area contributed by atoms with Gasteiger partial charge in [0.2, 0.25) is 0 Å². The predicted molar refractivity (Wildman–Crippen MR) is 81.0 cm³/mol. The van der Waals surface area contributed by atoms with Crippen LogP contribution in [0.4, 0.5) is 11.5 Å². The highest BCUT2D eigenvalue weighted by Gasteiger charge is 2.23. The Morgan fingerprint density at radius 1 is 1.19 bits per heavy atom. The maximum atomic E-state index is 11.8. The van der Waals surface area contributed by atoms with E-state index in [1.165, 1.54) is 0 Å². The second kappa shape index (κ2) is 5.83. The Morgan fingerprint density at radius 2 is 1.95 bits per heavy atom. The van der Waals surface area contributed by atoms with Crippen LogP contribution in [0.2, 0.25) is 0 Å². The first-order chi connectivity index (χ1) is 10.2. The number of nitrogens with one attached hydrogen (secondary N) is 2. The van der Waals surface area contributed by atoms with Gasteiger partial charge in [-0.15, -0.1) is 0 Å². The molecule has 1 fully saturated rings. The molecular formula is C16H17N3O2. The van der Waals surface area contributed by atoms with Crippen molar-refractivity contribution in [3.63, 3.8) is 0 Å². The van der Waals surface area contributed by atoms with Gasteiger partial charge in [0.1, 0.15) is 11.6 Å². The molecule has 0 radical (unpaired) electrons. The molecule has 0 unspecified atom stereocenters. The first-order valence-corrected chi connectivity index (χ1v) is 6.92. The smallest absolute Gasteiger partial charge is 0.253 e. The van der Waals surface area contributed by atoms with E-state index in [2.05, 4.69) is 15.6 Å². The number of rotatable bonds is 5. The van der Waals surface area contributed by atoms with E-state index < -0.39 is 0 Å². The summed E-state index contributed by atoms with van der Waals surface area (Å²) in [6.07, 6.45) is 3.75. The Morgan fingerprint density at radius 3 is 2.52 bits per heavy atom. The largest absolute Gasteiger partial charge is 0.497 e. The summed E-state index contributed by atoms with van der Waals surface area (Å²) < 4.78 is 5.11. The zero-order chi connectivity index (χ0) is 14.7. The topological polar surface area (TPSA) is 63.2 Å². The summed E-state index contributed by atoms with van der Waals surface area (Å²) in [4.78, 5) is 16.1. The van der Waals surface area contributed by atoms with Gasteiger partial charge in [-0.25, -0.2) is 4.98 Å². The lowest BCUT2D eigenvalue weighted by molar-refractivity contribution is 0.0951. The molecule has 1 amide bonds. The van der Waals surface area contributed by atoms with Crippen LogP contribution in [0, 0.1) is 0 Å². The van der Waals surface area contributed by atoms with Gasteiger partial charge in [-0.2, -0.15) is 0 Å². The molecule has 5 nitrogen and oxygen atoms in total. The molecule has 1 heterocycles. The van der Waals surface area contributed by atoms with Crippen molar-refractivity contribution in [3.05, 3.63) is 48.2 Å². The van der Waals surface area contributed by atoms with Crippen molar-refractivity contribution < 1.29 is 9.53 Å². The average molecular weight is 283 g/mol. The summed E-state index contributed by atoms with van der Waals surface area (Å²) in [5, 5.41) is 6.11. The minimum Gasteiger partial charge on any atom is -0.497 e. The molecule has 1 aromatic carbocycles. The van der Waals surface area contributed by atoms with E-state index in [1.807, 2.05) is 24.3 Å². The molecular weight excluding hydrogens is 266 g/mol. The monoisotopic (exact) mass is 283 g/mol. The molecule has 5 heteroatoms. The summed E-state index contributed by atoms with van der Waals surface area (Å²) in [7, 11) is 1.63. The van der Waals surface area contributed by atoms with E-state index in [4.69, 9.17) is 4.74 Å². The van der Waals surface area contributed by atoms with E-state index in [-0.39, 0.29) is 5.91 Å². The van der Waals surface area contributed by atoms with Gasteiger partial charge in [0.25, 0.3) is 5.91 Å². The van der Waals surface area contributed by atoms with Crippen LogP contribution in [-0.4, -0.2) is 24.0 Å². The Bertz CT molecular complexity index is 619. The van der Waals surface area contributed by atoms with Crippen molar-refractivity contribution in [1.82, 2.24) is 10.3 Å². The van der Waals surface area contributed by atoms with Gasteiger partial charge in [0.15, 0.2) is 0 Å². The third kappa shape index (κ3) is 3.51. The maximum absolute atomic E-state index is 11.8. The molecule has 2 N–H and O–H groups in total. The number of amides is 1. The number of aromatic nitrogens is 1. The van der Waals surface area contributed by atoms with Crippen LogP contribution < -0.4 is 15.4 Å². The third-order valence-corrected chi connectivity index (χ3v) is 3.30. The highest BCUT2D eigenvalue weighted by Crippen LogP contribution is 2.20. The number of hydrogen-bond acceptors (Lipinski definition) is 4. The number of pyridine rings is 1. The van der Waals surface area contributed by atoms with Crippen molar-refractivity contribution in [1.29, 1.82) is 0 Å². The van der Waals surface area contributed by atoms with Gasteiger partial charge < -0.3 is 15.4 Å². The molecule has 0 aliphatic heterocycles. The second-order valence-corrected chi connectivity index (χ2v) is 5.03. The standard InChI is InChI=1S/C16H17N3O2/c1-21-14-7-5-12(6-8-14)18-15-9-2-11(10-17-15)16(20)19-13-3-4-13/h2,5-10,13H,3-4H2,1H3,(H,17,18)(H,19,20). The van der Waals surface area contributed by atoms with Gasteiger partial charge in [-0.1, -0.05) is 0 Å². The summed E-state index contributed by atoms with van der Waals surface area (Å²) in [5.41, 5.74) is 1.50. The first kappa shape index (κ1) is 13.4. The number of anilines is 2. The number of methoxy groups -OCH3 is 1. The lowest BCUT2D eigenvalue weighted by atomic mass is 10.2. The fourth-order valence-electron chi connectivity index (χ4n) is 1.92. The molecule has 0 saturated heterocycles. The minimum atomic E-state index is -0.0546. The molecule has 108 valence electrons. The fraction of sp³-hybridized carbons (Fsp3) is 0.250. The van der Waals surface area contributed by atoms with Crippen LogP contribution in [-0.2, 0) is 0 Å². The van der Waals surface area contributed by atoms with Gasteiger partial charge in [0.05, 0.1) is 12.7 Å². The number of ether oxygens (including phenoxy) is 1. The first-order valence-electron chi connectivity index (χ1n) is 6.92. The Kier molecular flexibility index (Phi) is 3.73. The highest BCUT2D eigenvalue weighted by atomic mass is 16.5. The summed E-state index contributed by atoms with van der Waals surface area (Å²) in [6.45, 7) is 0. The Hall–Kier alpha value is -2.56. The number of carbonyl (C=O) groups is 1. The highest BCUT2D eigenvalue weighted by molar-refractivity contribution is 5.94. The van der Waals surface area contributed by atoms with Crippen LogP contribution in [0.15, 0.2) is 42.6 Å². The molecule has 0 atom stereocenters. The molecule has 1 saturated carbocycles. The van der Waals surface area contributed by atoms with E-state index in [0.717, 1.165) is 24.3 Å². The van der Waals surface area contributed by atoms with Crippen LogP contribution >= 0.6 is 0 Å². The molecule has 1 aromatic heterocycles. The van der Waals surface area contributed by atoms with Gasteiger partial charge in [-0.05, 0) is 49.2 Å². The van der Waals surface area contributed by atoms with Crippen LogP contribution in [0.1, 0.15) is 23.2 Å². The molecule has 0 spiro atoms. The van der Waals surface area contributed by atoms with Crippen molar-refractivity contribution in [2.75, 3.05) is 12.4 Å². The van der Waals surface area contributed by atoms with Crippen molar-refractivity contribution in [2.45, 2.75) is 18.9 Å². The van der Waals surface area contributed by atoms with E-state index >= 15 is 0 Å². The van der Waals surface area contributed by atoms with Crippen molar-refractivity contribution in [2.24, 2.45) is 0 Å². The predicted octanol–water partition coefficient (Wildman–Crippen LogP) is 2.73. The average Bonchev–Trinajstić information content (AvgIpc) is 3.33. The number of carbonyl (C=O) groups excluding carboxylic acids is 1. The third-order valence-electron chi connectivity index (χ3n) is 3.30. The quantitative estimate of drug-likeness (QED) is 0.885. The molecule has 0 bridgehead atoms. The van der Waals surface area contributed by atoms with E-state index in [0.29, 0.717) is 17.4 Å². The van der Waals surface area contributed by atoms with Crippen LogP contribution in [0.3, 0.4) is 0 Å². The number of nitrogens with zero attached hydrogens (tertiary/aromatic N) is 1. The lowest BCUT2D eigenvalue weighted by Gasteiger charge is -2.07. The number of benzene rings is 1. The van der Waals surface area contributed by atoms with Gasteiger partial charge >= 0.3 is 0 Å².